The molecule has 9 heteroatoms. The lowest BCUT2D eigenvalue weighted by molar-refractivity contribution is -0.670. The zero-order valence-electron chi connectivity index (χ0n) is 21.1. The maximum absolute atomic E-state index is 12.7. The van der Waals surface area contributed by atoms with Gasteiger partial charge in [0.1, 0.15) is 5.75 Å². The van der Waals surface area contributed by atoms with E-state index in [1.165, 1.54) is 17.7 Å². The molecule has 0 spiro atoms. The average molecular weight is 535 g/mol. The summed E-state index contributed by atoms with van der Waals surface area (Å²) in [5, 5.41) is 5.07. The van der Waals surface area contributed by atoms with Crippen molar-refractivity contribution >= 4 is 32.4 Å². The maximum atomic E-state index is 12.7. The van der Waals surface area contributed by atoms with Crippen LogP contribution in [0.15, 0.2) is 54.7 Å². The summed E-state index contributed by atoms with van der Waals surface area (Å²) < 4.78 is 67.4. The maximum Gasteiger partial charge on any atom is 0.573 e. The van der Waals surface area contributed by atoms with Crippen LogP contribution >= 0.6 is 0 Å². The SMILES string of the molecule is COc1ccc2c(c[n+]3c4c2cc(Cc2ccc(OC(F)(F)F)cc2)c2c5c(cc(c24)CC3)OCO5)c1OC. The van der Waals surface area contributed by atoms with Crippen LogP contribution in [-0.4, -0.2) is 27.4 Å². The van der Waals surface area contributed by atoms with E-state index in [4.69, 9.17) is 18.9 Å². The second-order valence-electron chi connectivity index (χ2n) is 9.65. The van der Waals surface area contributed by atoms with Gasteiger partial charge >= 0.3 is 6.36 Å². The van der Waals surface area contributed by atoms with E-state index in [-0.39, 0.29) is 12.5 Å². The Balaban J connectivity index is 1.50. The van der Waals surface area contributed by atoms with Crippen LogP contribution in [0.1, 0.15) is 16.7 Å². The van der Waals surface area contributed by atoms with Crippen LogP contribution in [0.25, 0.3) is 32.4 Å². The molecule has 0 saturated carbocycles. The molecule has 0 atom stereocenters. The van der Waals surface area contributed by atoms with Crippen LogP contribution in [0.5, 0.6) is 28.7 Å². The number of ether oxygens (including phenoxy) is 5. The quantitative estimate of drug-likeness (QED) is 0.198. The van der Waals surface area contributed by atoms with Crippen molar-refractivity contribution in [1.82, 2.24) is 0 Å². The number of alkyl halides is 3. The molecule has 2 aliphatic rings. The Morgan fingerprint density at radius 2 is 1.72 bits per heavy atom. The highest BCUT2D eigenvalue weighted by Crippen LogP contribution is 2.48. The molecule has 3 heterocycles. The van der Waals surface area contributed by atoms with Gasteiger partial charge < -0.3 is 23.7 Å². The summed E-state index contributed by atoms with van der Waals surface area (Å²) in [6.07, 6.45) is -1.34. The van der Waals surface area contributed by atoms with Crippen molar-refractivity contribution in [3.05, 3.63) is 71.4 Å². The molecule has 4 aromatic carbocycles. The molecule has 2 aliphatic heterocycles. The number of benzene rings is 4. The topological polar surface area (TPSA) is 50.0 Å². The molecule has 7 rings (SSSR count). The van der Waals surface area contributed by atoms with Gasteiger partial charge in [-0.1, -0.05) is 12.1 Å². The Morgan fingerprint density at radius 1 is 0.897 bits per heavy atom. The van der Waals surface area contributed by atoms with E-state index in [1.54, 1.807) is 26.4 Å². The van der Waals surface area contributed by atoms with Gasteiger partial charge in [0.2, 0.25) is 12.3 Å². The van der Waals surface area contributed by atoms with E-state index in [0.717, 1.165) is 56.5 Å². The number of rotatable bonds is 5. The predicted octanol–water partition coefficient (Wildman–Crippen LogP) is 6.23. The van der Waals surface area contributed by atoms with Crippen molar-refractivity contribution < 1.29 is 41.4 Å². The normalized spacial score (nSPS) is 14.0. The molecule has 198 valence electrons. The third-order valence-corrected chi connectivity index (χ3v) is 7.50. The van der Waals surface area contributed by atoms with Gasteiger partial charge in [-0.05, 0) is 59.5 Å². The van der Waals surface area contributed by atoms with E-state index >= 15 is 0 Å². The van der Waals surface area contributed by atoms with Crippen LogP contribution in [0.3, 0.4) is 0 Å². The van der Waals surface area contributed by atoms with Crippen molar-refractivity contribution in [1.29, 1.82) is 0 Å². The Bertz CT molecular complexity index is 1800. The molecule has 1 aromatic heterocycles. The zero-order valence-corrected chi connectivity index (χ0v) is 21.1. The van der Waals surface area contributed by atoms with Crippen LogP contribution < -0.4 is 28.3 Å². The Labute approximate surface area is 221 Å². The van der Waals surface area contributed by atoms with Gasteiger partial charge in [-0.15, -0.1) is 13.2 Å². The van der Waals surface area contributed by atoms with E-state index in [0.29, 0.717) is 29.4 Å². The number of methoxy groups -OCH3 is 2. The van der Waals surface area contributed by atoms with Crippen molar-refractivity contribution in [3.63, 3.8) is 0 Å². The van der Waals surface area contributed by atoms with Gasteiger partial charge in [-0.2, -0.15) is 4.57 Å². The van der Waals surface area contributed by atoms with Crippen LogP contribution in [-0.2, 0) is 19.4 Å². The first kappa shape index (κ1) is 23.7. The summed E-state index contributed by atoms with van der Waals surface area (Å²) in [5.74, 6) is 2.48. The van der Waals surface area contributed by atoms with Crippen LogP contribution in [0, 0.1) is 0 Å². The fraction of sp³-hybridized carbons (Fsp3) is 0.233. The molecule has 0 radical (unpaired) electrons. The van der Waals surface area contributed by atoms with Crippen molar-refractivity contribution in [3.8, 4) is 28.7 Å². The fourth-order valence-corrected chi connectivity index (χ4v) is 5.94. The third kappa shape index (κ3) is 3.75. The molecular formula is C30H23F3NO5+. The summed E-state index contributed by atoms with van der Waals surface area (Å²) in [6, 6.07) is 14.1. The highest BCUT2D eigenvalue weighted by atomic mass is 19.4. The summed E-state index contributed by atoms with van der Waals surface area (Å²) >= 11 is 0. The first-order chi connectivity index (χ1) is 18.8. The van der Waals surface area contributed by atoms with Crippen molar-refractivity contribution in [2.75, 3.05) is 21.0 Å². The highest BCUT2D eigenvalue weighted by Gasteiger charge is 2.33. The van der Waals surface area contributed by atoms with Gasteiger partial charge in [0.15, 0.2) is 35.7 Å². The number of fused-ring (bicyclic) bond motifs is 4. The fourth-order valence-electron chi connectivity index (χ4n) is 5.94. The van der Waals surface area contributed by atoms with Gasteiger partial charge in [0.25, 0.3) is 0 Å². The number of aryl methyl sites for hydroxylation is 2. The van der Waals surface area contributed by atoms with Gasteiger partial charge in [0, 0.05) is 17.2 Å². The highest BCUT2D eigenvalue weighted by molar-refractivity contribution is 6.18. The van der Waals surface area contributed by atoms with Crippen molar-refractivity contribution in [2.45, 2.75) is 25.7 Å². The van der Waals surface area contributed by atoms with E-state index in [9.17, 15) is 13.2 Å². The lowest BCUT2D eigenvalue weighted by atomic mass is 9.88. The zero-order chi connectivity index (χ0) is 26.9. The summed E-state index contributed by atoms with van der Waals surface area (Å²) in [4.78, 5) is 0. The second-order valence-corrected chi connectivity index (χ2v) is 9.65. The molecule has 6 nitrogen and oxygen atoms in total. The Kier molecular flexibility index (Phi) is 5.20. The molecular weight excluding hydrogens is 511 g/mol. The largest absolute Gasteiger partial charge is 0.573 e. The monoisotopic (exact) mass is 534 g/mol. The molecule has 0 fully saturated rings. The molecule has 0 saturated heterocycles. The van der Waals surface area contributed by atoms with E-state index in [2.05, 4.69) is 27.6 Å². The molecule has 0 aliphatic carbocycles. The van der Waals surface area contributed by atoms with Gasteiger partial charge in [0.05, 0.1) is 30.4 Å². The minimum absolute atomic E-state index is 0.142. The number of hydrogen-bond acceptors (Lipinski definition) is 5. The summed E-state index contributed by atoms with van der Waals surface area (Å²) in [7, 11) is 3.25. The number of hydrogen-bond donors (Lipinski definition) is 0. The molecule has 39 heavy (non-hydrogen) atoms. The second kappa shape index (κ2) is 8.56. The lowest BCUT2D eigenvalue weighted by Crippen LogP contribution is -2.38. The number of pyridine rings is 1. The first-order valence-corrected chi connectivity index (χ1v) is 12.5. The number of nitrogens with zero attached hydrogens (tertiary/aromatic N) is 1. The molecule has 0 amide bonds. The average Bonchev–Trinajstić information content (AvgIpc) is 3.39. The first-order valence-electron chi connectivity index (χ1n) is 12.5. The molecule has 0 N–H and O–H groups in total. The molecule has 0 bridgehead atoms. The standard InChI is InChI=1S/C30H23F3NO5/c1-35-23-8-7-20-21-12-18(11-16-3-5-19(6-4-16)39-30(31,32)33)26-25-17(13-24-29(26)38-15-37-24)9-10-34(27(21)25)14-22(20)28(23)36-2/h3-8,12-14H,9-11,15H2,1-2H3/q+1. The van der Waals surface area contributed by atoms with E-state index in [1.807, 2.05) is 12.1 Å². The predicted molar refractivity (Wildman–Crippen MR) is 138 cm³/mol. The van der Waals surface area contributed by atoms with Gasteiger partial charge in [-0.25, -0.2) is 0 Å². The molecule has 5 aromatic rings. The minimum Gasteiger partial charge on any atom is -0.493 e. The molecule has 0 unspecified atom stereocenters. The van der Waals surface area contributed by atoms with E-state index < -0.39 is 6.36 Å². The Hall–Kier alpha value is -4.40. The number of aromatic nitrogens is 1. The minimum atomic E-state index is -4.74. The number of halogens is 3. The van der Waals surface area contributed by atoms with Crippen LogP contribution in [0.4, 0.5) is 13.2 Å². The van der Waals surface area contributed by atoms with Crippen molar-refractivity contribution in [2.24, 2.45) is 0 Å². The smallest absolute Gasteiger partial charge is 0.493 e. The summed E-state index contributed by atoms with van der Waals surface area (Å²) in [6.45, 7) is 0.929. The Morgan fingerprint density at radius 3 is 2.46 bits per heavy atom. The van der Waals surface area contributed by atoms with Gasteiger partial charge in [-0.3, -0.25) is 0 Å². The van der Waals surface area contributed by atoms with Crippen LogP contribution in [0.2, 0.25) is 0 Å². The third-order valence-electron chi connectivity index (χ3n) is 7.50. The lowest BCUT2D eigenvalue weighted by Gasteiger charge is -2.20. The summed E-state index contributed by atoms with van der Waals surface area (Å²) in [5.41, 5.74) is 4.10.